The normalized spacial score (nSPS) is 14.4. The first kappa shape index (κ1) is 14.7. The summed E-state index contributed by atoms with van der Waals surface area (Å²) in [6.07, 6.45) is 1.00. The molecule has 1 aromatic rings. The van der Waals surface area contributed by atoms with Gasteiger partial charge in [-0.05, 0) is 23.8 Å². The van der Waals surface area contributed by atoms with Gasteiger partial charge in [-0.1, -0.05) is 51.1 Å². The summed E-state index contributed by atoms with van der Waals surface area (Å²) in [6.45, 7) is 6.69. The standard InChI is InChI=1S/C15H23NO2/c1-4-12(13-8-6-5-7-9-13)10-16-14(11(2)3)15(17)18/h5-9,11-12,14,16H,4,10H2,1-3H3,(H,17,18)/t12?,14-/m1/s1. The Kier molecular flexibility index (Phi) is 5.86. The van der Waals surface area contributed by atoms with Gasteiger partial charge in [-0.15, -0.1) is 0 Å². The maximum Gasteiger partial charge on any atom is 0.320 e. The van der Waals surface area contributed by atoms with Crippen molar-refractivity contribution >= 4 is 5.97 Å². The van der Waals surface area contributed by atoms with E-state index in [9.17, 15) is 4.79 Å². The lowest BCUT2D eigenvalue weighted by Crippen LogP contribution is -2.42. The number of benzene rings is 1. The Labute approximate surface area is 109 Å². The highest BCUT2D eigenvalue weighted by atomic mass is 16.4. The molecule has 0 bridgehead atoms. The summed E-state index contributed by atoms with van der Waals surface area (Å²) in [6, 6.07) is 9.77. The van der Waals surface area contributed by atoms with Crippen LogP contribution in [-0.2, 0) is 4.79 Å². The second-order valence-electron chi connectivity index (χ2n) is 4.98. The lowest BCUT2D eigenvalue weighted by atomic mass is 9.95. The third-order valence-corrected chi connectivity index (χ3v) is 3.28. The Morgan fingerprint density at radius 3 is 2.33 bits per heavy atom. The minimum absolute atomic E-state index is 0.0933. The Morgan fingerprint density at radius 1 is 1.28 bits per heavy atom. The van der Waals surface area contributed by atoms with Crippen LogP contribution in [0.4, 0.5) is 0 Å². The summed E-state index contributed by atoms with van der Waals surface area (Å²) in [4.78, 5) is 11.1. The number of aliphatic carboxylic acids is 1. The van der Waals surface area contributed by atoms with E-state index < -0.39 is 12.0 Å². The predicted octanol–water partition coefficient (Wildman–Crippen LogP) is 2.88. The molecule has 2 atom stereocenters. The highest BCUT2D eigenvalue weighted by Gasteiger charge is 2.22. The number of nitrogens with one attached hydrogen (secondary N) is 1. The highest BCUT2D eigenvalue weighted by Crippen LogP contribution is 2.18. The van der Waals surface area contributed by atoms with Gasteiger partial charge in [-0.3, -0.25) is 4.79 Å². The van der Waals surface area contributed by atoms with Crippen molar-refractivity contribution in [3.8, 4) is 0 Å². The molecule has 0 aliphatic rings. The lowest BCUT2D eigenvalue weighted by molar-refractivity contribution is -0.140. The van der Waals surface area contributed by atoms with Crippen LogP contribution < -0.4 is 5.32 Å². The second-order valence-corrected chi connectivity index (χ2v) is 4.98. The molecule has 0 aliphatic carbocycles. The topological polar surface area (TPSA) is 49.3 Å². The number of hydrogen-bond donors (Lipinski definition) is 2. The van der Waals surface area contributed by atoms with Gasteiger partial charge in [0.25, 0.3) is 0 Å². The third-order valence-electron chi connectivity index (χ3n) is 3.28. The zero-order valence-electron chi connectivity index (χ0n) is 11.4. The van der Waals surface area contributed by atoms with Gasteiger partial charge in [-0.25, -0.2) is 0 Å². The van der Waals surface area contributed by atoms with E-state index in [1.165, 1.54) is 5.56 Å². The predicted molar refractivity (Wildman–Crippen MR) is 73.7 cm³/mol. The first-order valence-electron chi connectivity index (χ1n) is 6.57. The van der Waals surface area contributed by atoms with Crippen LogP contribution >= 0.6 is 0 Å². The molecule has 18 heavy (non-hydrogen) atoms. The van der Waals surface area contributed by atoms with Crippen LogP contribution in [-0.4, -0.2) is 23.7 Å². The van der Waals surface area contributed by atoms with Crippen LogP contribution in [0, 0.1) is 5.92 Å². The molecule has 1 unspecified atom stereocenters. The summed E-state index contributed by atoms with van der Waals surface area (Å²) < 4.78 is 0. The molecular formula is C15H23NO2. The number of carboxylic acids is 1. The Morgan fingerprint density at radius 2 is 1.89 bits per heavy atom. The van der Waals surface area contributed by atoms with Crippen LogP contribution in [0.1, 0.15) is 38.7 Å². The average Bonchev–Trinajstić information content (AvgIpc) is 2.34. The van der Waals surface area contributed by atoms with E-state index >= 15 is 0 Å². The van der Waals surface area contributed by atoms with E-state index in [2.05, 4.69) is 24.4 Å². The van der Waals surface area contributed by atoms with Crippen LogP contribution in [0.2, 0.25) is 0 Å². The molecule has 0 saturated heterocycles. The van der Waals surface area contributed by atoms with Gasteiger partial charge in [0, 0.05) is 6.54 Å². The van der Waals surface area contributed by atoms with Gasteiger partial charge >= 0.3 is 5.97 Å². The molecule has 0 aliphatic heterocycles. The van der Waals surface area contributed by atoms with Gasteiger partial charge in [-0.2, -0.15) is 0 Å². The van der Waals surface area contributed by atoms with Crippen molar-refractivity contribution in [3.05, 3.63) is 35.9 Å². The molecule has 1 rings (SSSR count). The number of hydrogen-bond acceptors (Lipinski definition) is 2. The van der Waals surface area contributed by atoms with E-state index in [0.717, 1.165) is 6.42 Å². The maximum absolute atomic E-state index is 11.1. The fraction of sp³-hybridized carbons (Fsp3) is 0.533. The van der Waals surface area contributed by atoms with Gasteiger partial charge in [0.15, 0.2) is 0 Å². The summed E-state index contributed by atoms with van der Waals surface area (Å²) in [5.74, 6) is -0.310. The summed E-state index contributed by atoms with van der Waals surface area (Å²) in [5.41, 5.74) is 1.26. The molecule has 3 nitrogen and oxygen atoms in total. The SMILES string of the molecule is CCC(CN[C@@H](C(=O)O)C(C)C)c1ccccc1. The molecule has 0 heterocycles. The summed E-state index contributed by atoms with van der Waals surface area (Å²) in [7, 11) is 0. The molecule has 0 fully saturated rings. The molecular weight excluding hydrogens is 226 g/mol. The van der Waals surface area contributed by atoms with Crippen molar-refractivity contribution in [1.82, 2.24) is 5.32 Å². The smallest absolute Gasteiger partial charge is 0.320 e. The summed E-state index contributed by atoms with van der Waals surface area (Å²) in [5, 5.41) is 12.3. The zero-order valence-corrected chi connectivity index (χ0v) is 11.4. The van der Waals surface area contributed by atoms with Crippen LogP contribution in [0.15, 0.2) is 30.3 Å². The van der Waals surface area contributed by atoms with Crippen molar-refractivity contribution < 1.29 is 9.90 Å². The van der Waals surface area contributed by atoms with Crippen LogP contribution in [0.5, 0.6) is 0 Å². The molecule has 0 aromatic heterocycles. The Hall–Kier alpha value is -1.35. The van der Waals surface area contributed by atoms with Crippen molar-refractivity contribution in [2.45, 2.75) is 39.2 Å². The number of rotatable bonds is 7. The number of carbonyl (C=O) groups is 1. The average molecular weight is 249 g/mol. The van der Waals surface area contributed by atoms with Gasteiger partial charge in [0.2, 0.25) is 0 Å². The lowest BCUT2D eigenvalue weighted by Gasteiger charge is -2.22. The molecule has 0 saturated carbocycles. The molecule has 0 spiro atoms. The van der Waals surface area contributed by atoms with E-state index in [1.54, 1.807) is 0 Å². The van der Waals surface area contributed by atoms with Crippen molar-refractivity contribution in [2.24, 2.45) is 5.92 Å². The molecule has 2 N–H and O–H groups in total. The second kappa shape index (κ2) is 7.17. The minimum atomic E-state index is -0.770. The van der Waals surface area contributed by atoms with Gasteiger partial charge in [0.05, 0.1) is 0 Å². The molecule has 3 heteroatoms. The highest BCUT2D eigenvalue weighted by molar-refractivity contribution is 5.73. The minimum Gasteiger partial charge on any atom is -0.480 e. The molecule has 100 valence electrons. The maximum atomic E-state index is 11.1. The first-order valence-corrected chi connectivity index (χ1v) is 6.57. The van der Waals surface area contributed by atoms with E-state index in [-0.39, 0.29) is 5.92 Å². The van der Waals surface area contributed by atoms with Crippen molar-refractivity contribution in [1.29, 1.82) is 0 Å². The van der Waals surface area contributed by atoms with Crippen molar-refractivity contribution in [3.63, 3.8) is 0 Å². The monoisotopic (exact) mass is 249 g/mol. The van der Waals surface area contributed by atoms with Crippen LogP contribution in [0.3, 0.4) is 0 Å². The Balaban J connectivity index is 2.62. The summed E-state index contributed by atoms with van der Waals surface area (Å²) >= 11 is 0. The van der Waals surface area contributed by atoms with E-state index in [1.807, 2.05) is 32.0 Å². The fourth-order valence-electron chi connectivity index (χ4n) is 2.10. The molecule has 1 aromatic carbocycles. The van der Waals surface area contributed by atoms with Gasteiger partial charge in [0.1, 0.15) is 6.04 Å². The van der Waals surface area contributed by atoms with Crippen molar-refractivity contribution in [2.75, 3.05) is 6.54 Å². The first-order chi connectivity index (χ1) is 8.56. The zero-order chi connectivity index (χ0) is 13.5. The Bertz CT molecular complexity index is 362. The molecule has 0 radical (unpaired) electrons. The quantitative estimate of drug-likeness (QED) is 0.781. The number of carboxylic acid groups (broad SMARTS) is 1. The van der Waals surface area contributed by atoms with Gasteiger partial charge < -0.3 is 10.4 Å². The molecule has 0 amide bonds. The fourth-order valence-corrected chi connectivity index (χ4v) is 2.10. The van der Waals surface area contributed by atoms with E-state index in [0.29, 0.717) is 12.5 Å². The largest absolute Gasteiger partial charge is 0.480 e. The third kappa shape index (κ3) is 4.15. The van der Waals surface area contributed by atoms with Crippen LogP contribution in [0.25, 0.3) is 0 Å². The van der Waals surface area contributed by atoms with E-state index in [4.69, 9.17) is 5.11 Å².